The number of hydrogen-bond donors (Lipinski definition) is 2. The Kier molecular flexibility index (Phi) is 1.87. The monoisotopic (exact) mass is 164 g/mol. The molecule has 64 valence electrons. The minimum Gasteiger partial charge on any atom is -0.388 e. The van der Waals surface area contributed by atoms with Crippen molar-refractivity contribution in [2.75, 3.05) is 0 Å². The van der Waals surface area contributed by atoms with Gasteiger partial charge >= 0.3 is 0 Å². The average molecular weight is 164 g/mol. The summed E-state index contributed by atoms with van der Waals surface area (Å²) < 4.78 is 0. The molecule has 0 unspecified atom stereocenters. The van der Waals surface area contributed by atoms with Gasteiger partial charge in [-0.15, -0.1) is 0 Å². The molecule has 0 saturated carbocycles. The van der Waals surface area contributed by atoms with Gasteiger partial charge in [0.15, 0.2) is 0 Å². The first-order valence-corrected chi connectivity index (χ1v) is 4.24. The van der Waals surface area contributed by atoms with E-state index in [9.17, 15) is 10.2 Å². The molecule has 2 N–H and O–H groups in total. The Hall–Kier alpha value is -0.860. The minimum absolute atomic E-state index is 0.385. The molecule has 1 aliphatic carbocycles. The third-order valence-corrected chi connectivity index (χ3v) is 2.43. The van der Waals surface area contributed by atoms with E-state index in [2.05, 4.69) is 0 Å². The van der Waals surface area contributed by atoms with Gasteiger partial charge in [-0.3, -0.25) is 0 Å². The second-order valence-corrected chi connectivity index (χ2v) is 3.24. The van der Waals surface area contributed by atoms with Crippen molar-refractivity contribution in [3.63, 3.8) is 0 Å². The van der Waals surface area contributed by atoms with E-state index in [1.807, 2.05) is 24.3 Å². The van der Waals surface area contributed by atoms with Crippen LogP contribution < -0.4 is 0 Å². The maximum absolute atomic E-state index is 9.57. The van der Waals surface area contributed by atoms with Crippen molar-refractivity contribution >= 4 is 0 Å². The average Bonchev–Trinajstić information content (AvgIpc) is 2.12. The molecule has 1 aromatic carbocycles. The highest BCUT2D eigenvalue weighted by molar-refractivity contribution is 5.32. The molecule has 2 rings (SSSR count). The summed E-state index contributed by atoms with van der Waals surface area (Å²) in [4.78, 5) is 0. The van der Waals surface area contributed by atoms with E-state index < -0.39 is 0 Å². The Balaban J connectivity index is 2.47. The van der Waals surface area contributed by atoms with Crippen LogP contribution in [-0.4, -0.2) is 10.2 Å². The van der Waals surface area contributed by atoms with Crippen LogP contribution in [0, 0.1) is 0 Å². The van der Waals surface area contributed by atoms with Crippen molar-refractivity contribution in [1.29, 1.82) is 0 Å². The Labute approximate surface area is 71.5 Å². The normalized spacial score (nSPS) is 28.2. The van der Waals surface area contributed by atoms with Crippen LogP contribution in [0.5, 0.6) is 0 Å². The molecule has 0 radical (unpaired) electrons. The van der Waals surface area contributed by atoms with Gasteiger partial charge in [0, 0.05) is 0 Å². The molecule has 2 nitrogen and oxygen atoms in total. The lowest BCUT2D eigenvalue weighted by Gasteiger charge is -2.25. The molecule has 1 aliphatic rings. The van der Waals surface area contributed by atoms with E-state index >= 15 is 0 Å². The fraction of sp³-hybridized carbons (Fsp3) is 0.400. The van der Waals surface area contributed by atoms with Crippen LogP contribution in [0.15, 0.2) is 24.3 Å². The predicted molar refractivity (Wildman–Crippen MR) is 45.6 cm³/mol. The van der Waals surface area contributed by atoms with E-state index in [0.29, 0.717) is 12.8 Å². The SMILES string of the molecule is O[C@@H]1CC[C@@H](O)c2ccccc21. The Morgan fingerprint density at radius 2 is 1.33 bits per heavy atom. The van der Waals surface area contributed by atoms with Crippen molar-refractivity contribution in [3.05, 3.63) is 35.4 Å². The largest absolute Gasteiger partial charge is 0.388 e. The second kappa shape index (κ2) is 2.88. The van der Waals surface area contributed by atoms with Gasteiger partial charge < -0.3 is 10.2 Å². The van der Waals surface area contributed by atoms with E-state index in [-0.39, 0.29) is 12.2 Å². The van der Waals surface area contributed by atoms with E-state index in [1.54, 1.807) is 0 Å². The van der Waals surface area contributed by atoms with E-state index in [4.69, 9.17) is 0 Å². The summed E-state index contributed by atoms with van der Waals surface area (Å²) in [6, 6.07) is 7.53. The molecule has 12 heavy (non-hydrogen) atoms. The highest BCUT2D eigenvalue weighted by Crippen LogP contribution is 2.35. The summed E-state index contributed by atoms with van der Waals surface area (Å²) >= 11 is 0. The van der Waals surface area contributed by atoms with Gasteiger partial charge in [-0.25, -0.2) is 0 Å². The molecular weight excluding hydrogens is 152 g/mol. The van der Waals surface area contributed by atoms with Crippen molar-refractivity contribution in [3.8, 4) is 0 Å². The molecule has 0 aliphatic heterocycles. The zero-order valence-corrected chi connectivity index (χ0v) is 6.77. The third kappa shape index (κ3) is 1.13. The summed E-state index contributed by atoms with van der Waals surface area (Å²) in [6.45, 7) is 0. The lowest BCUT2D eigenvalue weighted by Crippen LogP contribution is -2.13. The molecule has 0 spiro atoms. The molecule has 0 aromatic heterocycles. The fourth-order valence-electron chi connectivity index (χ4n) is 1.74. The zero-order chi connectivity index (χ0) is 8.55. The topological polar surface area (TPSA) is 40.5 Å². The van der Waals surface area contributed by atoms with E-state index in [0.717, 1.165) is 11.1 Å². The number of hydrogen-bond acceptors (Lipinski definition) is 2. The molecule has 0 heterocycles. The molecule has 1 aromatic rings. The molecule has 2 heteroatoms. The first-order chi connectivity index (χ1) is 5.79. The zero-order valence-electron chi connectivity index (χ0n) is 6.77. The molecule has 2 atom stereocenters. The van der Waals surface area contributed by atoms with Gasteiger partial charge in [0.2, 0.25) is 0 Å². The van der Waals surface area contributed by atoms with Gasteiger partial charge in [0.05, 0.1) is 12.2 Å². The number of benzene rings is 1. The number of fused-ring (bicyclic) bond motifs is 1. The van der Waals surface area contributed by atoms with Gasteiger partial charge in [0.25, 0.3) is 0 Å². The number of aliphatic hydroxyl groups is 2. The third-order valence-electron chi connectivity index (χ3n) is 2.43. The highest BCUT2D eigenvalue weighted by atomic mass is 16.3. The van der Waals surface area contributed by atoms with Crippen LogP contribution in [0.2, 0.25) is 0 Å². The predicted octanol–water partition coefficient (Wildman–Crippen LogP) is 1.55. The summed E-state index contributed by atoms with van der Waals surface area (Å²) in [5.74, 6) is 0. The van der Waals surface area contributed by atoms with Gasteiger partial charge in [-0.1, -0.05) is 24.3 Å². The number of rotatable bonds is 0. The first kappa shape index (κ1) is 7.77. The van der Waals surface area contributed by atoms with Gasteiger partial charge in [0.1, 0.15) is 0 Å². The summed E-state index contributed by atoms with van der Waals surface area (Å²) in [6.07, 6.45) is 0.560. The van der Waals surface area contributed by atoms with Crippen molar-refractivity contribution in [2.45, 2.75) is 25.0 Å². The van der Waals surface area contributed by atoms with Crippen molar-refractivity contribution < 1.29 is 10.2 Å². The molecule has 0 amide bonds. The Bertz CT molecular complexity index is 254. The van der Waals surface area contributed by atoms with Crippen molar-refractivity contribution in [1.82, 2.24) is 0 Å². The van der Waals surface area contributed by atoms with Crippen molar-refractivity contribution in [2.24, 2.45) is 0 Å². The van der Waals surface area contributed by atoms with E-state index in [1.165, 1.54) is 0 Å². The van der Waals surface area contributed by atoms with Gasteiger partial charge in [-0.2, -0.15) is 0 Å². The standard InChI is InChI=1S/C10H12O2/c11-9-5-6-10(12)8-4-2-1-3-7(8)9/h1-4,9-12H,5-6H2/t9-,10-/m1/s1. The summed E-state index contributed by atoms with van der Waals surface area (Å²) in [5.41, 5.74) is 1.77. The number of aliphatic hydroxyl groups excluding tert-OH is 2. The molecule has 0 bridgehead atoms. The minimum atomic E-state index is -0.385. The Morgan fingerprint density at radius 3 is 1.75 bits per heavy atom. The maximum atomic E-state index is 9.57. The Morgan fingerprint density at radius 1 is 0.917 bits per heavy atom. The molecule has 0 saturated heterocycles. The fourth-order valence-corrected chi connectivity index (χ4v) is 1.74. The highest BCUT2D eigenvalue weighted by Gasteiger charge is 2.23. The van der Waals surface area contributed by atoms with Crippen LogP contribution in [0.25, 0.3) is 0 Å². The van der Waals surface area contributed by atoms with Crippen LogP contribution >= 0.6 is 0 Å². The van der Waals surface area contributed by atoms with Crippen LogP contribution in [0.3, 0.4) is 0 Å². The lowest BCUT2D eigenvalue weighted by molar-refractivity contribution is 0.0910. The summed E-state index contributed by atoms with van der Waals surface area (Å²) in [7, 11) is 0. The smallest absolute Gasteiger partial charge is 0.0794 e. The maximum Gasteiger partial charge on any atom is 0.0794 e. The van der Waals surface area contributed by atoms with Crippen LogP contribution in [-0.2, 0) is 0 Å². The molecular formula is C10H12O2. The van der Waals surface area contributed by atoms with Crippen LogP contribution in [0.4, 0.5) is 0 Å². The van der Waals surface area contributed by atoms with Gasteiger partial charge in [-0.05, 0) is 24.0 Å². The van der Waals surface area contributed by atoms with Crippen LogP contribution in [0.1, 0.15) is 36.2 Å². The molecule has 0 fully saturated rings. The quantitative estimate of drug-likeness (QED) is 0.610. The summed E-state index contributed by atoms with van der Waals surface area (Å²) in [5, 5.41) is 19.1. The lowest BCUT2D eigenvalue weighted by atomic mass is 9.87. The second-order valence-electron chi connectivity index (χ2n) is 3.24. The first-order valence-electron chi connectivity index (χ1n) is 4.24.